The largest absolute Gasteiger partial charge is 0.361 e. The van der Waals surface area contributed by atoms with Crippen molar-refractivity contribution in [2.75, 3.05) is 0 Å². The molecule has 2 aromatic heterocycles. The molecule has 0 unspecified atom stereocenters. The summed E-state index contributed by atoms with van der Waals surface area (Å²) in [5.41, 5.74) is 5.15. The molecule has 7 heteroatoms. The maximum absolute atomic E-state index is 6.09. The summed E-state index contributed by atoms with van der Waals surface area (Å²) in [5, 5.41) is 14.5. The van der Waals surface area contributed by atoms with Gasteiger partial charge in [-0.3, -0.25) is 4.57 Å². The number of benzene rings is 2. The first kappa shape index (κ1) is 18.8. The van der Waals surface area contributed by atoms with Gasteiger partial charge in [-0.15, -0.1) is 10.2 Å². The molecule has 0 N–H and O–H groups in total. The van der Waals surface area contributed by atoms with Gasteiger partial charge in [0.1, 0.15) is 5.76 Å². The summed E-state index contributed by atoms with van der Waals surface area (Å²) in [6, 6.07) is 16.0. The van der Waals surface area contributed by atoms with Gasteiger partial charge in [0, 0.05) is 27.6 Å². The summed E-state index contributed by atoms with van der Waals surface area (Å²) in [4.78, 5) is 0. The van der Waals surface area contributed by atoms with Crippen LogP contribution in [0.25, 0.3) is 17.1 Å². The van der Waals surface area contributed by atoms with E-state index in [0.29, 0.717) is 10.8 Å². The van der Waals surface area contributed by atoms with E-state index in [2.05, 4.69) is 39.0 Å². The Hall–Kier alpha value is -2.57. The van der Waals surface area contributed by atoms with Gasteiger partial charge >= 0.3 is 0 Å². The van der Waals surface area contributed by atoms with Crippen molar-refractivity contribution in [3.63, 3.8) is 0 Å². The summed E-state index contributed by atoms with van der Waals surface area (Å²) < 4.78 is 7.34. The van der Waals surface area contributed by atoms with Crippen LogP contribution in [0.15, 0.2) is 58.2 Å². The zero-order valence-corrected chi connectivity index (χ0v) is 17.4. The number of hydrogen-bond acceptors (Lipinski definition) is 5. The number of thioether (sulfide) groups is 1. The average molecular weight is 411 g/mol. The molecule has 4 aromatic rings. The predicted octanol–water partition coefficient (Wildman–Crippen LogP) is 5.79. The SMILES string of the molecule is Cc1cccc(-c2nnc(SCc3c(C)noc3C)n2-c2ccc(Cl)cc2)c1. The second-order valence-corrected chi connectivity index (χ2v) is 7.96. The summed E-state index contributed by atoms with van der Waals surface area (Å²) in [6.07, 6.45) is 0. The molecule has 2 heterocycles. The van der Waals surface area contributed by atoms with Crippen LogP contribution in [0.1, 0.15) is 22.6 Å². The molecule has 0 saturated carbocycles. The zero-order valence-electron chi connectivity index (χ0n) is 15.8. The highest BCUT2D eigenvalue weighted by molar-refractivity contribution is 7.98. The van der Waals surface area contributed by atoms with Crippen molar-refractivity contribution in [2.24, 2.45) is 0 Å². The van der Waals surface area contributed by atoms with Gasteiger partial charge in [-0.1, -0.05) is 52.3 Å². The van der Waals surface area contributed by atoms with Crippen molar-refractivity contribution in [1.82, 2.24) is 19.9 Å². The molecule has 0 aliphatic rings. The predicted molar refractivity (Wildman–Crippen MR) is 112 cm³/mol. The third kappa shape index (κ3) is 3.70. The Morgan fingerprint density at radius 1 is 1.04 bits per heavy atom. The number of halogens is 1. The molecule has 0 bridgehead atoms. The number of nitrogens with zero attached hydrogens (tertiary/aromatic N) is 4. The third-order valence-corrected chi connectivity index (χ3v) is 5.73. The quantitative estimate of drug-likeness (QED) is 0.389. The Kier molecular flexibility index (Phi) is 5.24. The third-order valence-electron chi connectivity index (χ3n) is 4.52. The van der Waals surface area contributed by atoms with Gasteiger partial charge in [0.2, 0.25) is 0 Å². The van der Waals surface area contributed by atoms with Gasteiger partial charge < -0.3 is 4.52 Å². The van der Waals surface area contributed by atoms with Crippen LogP contribution >= 0.6 is 23.4 Å². The Labute approximate surface area is 172 Å². The minimum Gasteiger partial charge on any atom is -0.361 e. The number of aryl methyl sites for hydroxylation is 3. The van der Waals surface area contributed by atoms with E-state index in [1.165, 1.54) is 5.56 Å². The minimum atomic E-state index is 0.693. The molecule has 0 spiro atoms. The van der Waals surface area contributed by atoms with Gasteiger partial charge in [-0.05, 0) is 51.1 Å². The molecule has 5 nitrogen and oxygen atoms in total. The average Bonchev–Trinajstić information content (AvgIpc) is 3.24. The second kappa shape index (κ2) is 7.81. The smallest absolute Gasteiger partial charge is 0.196 e. The first-order valence-electron chi connectivity index (χ1n) is 8.86. The van der Waals surface area contributed by atoms with E-state index in [4.69, 9.17) is 16.1 Å². The van der Waals surface area contributed by atoms with Crippen molar-refractivity contribution in [3.8, 4) is 17.1 Å². The van der Waals surface area contributed by atoms with Crippen LogP contribution in [0.5, 0.6) is 0 Å². The van der Waals surface area contributed by atoms with Crippen LogP contribution in [0.4, 0.5) is 0 Å². The first-order valence-corrected chi connectivity index (χ1v) is 10.2. The van der Waals surface area contributed by atoms with E-state index < -0.39 is 0 Å². The van der Waals surface area contributed by atoms with Crippen molar-refractivity contribution in [3.05, 3.63) is 76.1 Å². The van der Waals surface area contributed by atoms with Crippen LogP contribution in [-0.2, 0) is 5.75 Å². The number of hydrogen-bond donors (Lipinski definition) is 0. The van der Waals surface area contributed by atoms with Gasteiger partial charge in [-0.25, -0.2) is 0 Å². The first-order chi connectivity index (χ1) is 13.5. The van der Waals surface area contributed by atoms with E-state index in [1.807, 2.05) is 50.2 Å². The fraction of sp³-hybridized carbons (Fsp3) is 0.190. The van der Waals surface area contributed by atoms with Crippen LogP contribution in [0.2, 0.25) is 5.02 Å². The summed E-state index contributed by atoms with van der Waals surface area (Å²) in [7, 11) is 0. The lowest BCUT2D eigenvalue weighted by molar-refractivity contribution is 0.392. The molecule has 0 aliphatic carbocycles. The molecule has 28 heavy (non-hydrogen) atoms. The van der Waals surface area contributed by atoms with E-state index in [1.54, 1.807) is 11.8 Å². The van der Waals surface area contributed by atoms with Crippen molar-refractivity contribution < 1.29 is 4.52 Å². The molecule has 4 rings (SSSR count). The molecule has 2 aromatic carbocycles. The highest BCUT2D eigenvalue weighted by Gasteiger charge is 2.18. The van der Waals surface area contributed by atoms with Gasteiger partial charge in [0.15, 0.2) is 11.0 Å². The Balaban J connectivity index is 1.77. The lowest BCUT2D eigenvalue weighted by Gasteiger charge is -2.11. The molecule has 0 saturated heterocycles. The fourth-order valence-corrected chi connectivity index (χ4v) is 4.23. The summed E-state index contributed by atoms with van der Waals surface area (Å²) in [6.45, 7) is 5.95. The Morgan fingerprint density at radius 3 is 2.50 bits per heavy atom. The molecule has 0 fully saturated rings. The van der Waals surface area contributed by atoms with Crippen LogP contribution in [0, 0.1) is 20.8 Å². The second-order valence-electron chi connectivity index (χ2n) is 6.58. The summed E-state index contributed by atoms with van der Waals surface area (Å²) in [5.74, 6) is 2.34. The van der Waals surface area contributed by atoms with Gasteiger partial charge in [0.25, 0.3) is 0 Å². The molecule has 0 radical (unpaired) electrons. The number of aromatic nitrogens is 4. The Bertz CT molecular complexity index is 1100. The van der Waals surface area contributed by atoms with Crippen LogP contribution < -0.4 is 0 Å². The van der Waals surface area contributed by atoms with Crippen molar-refractivity contribution >= 4 is 23.4 Å². The van der Waals surface area contributed by atoms with E-state index in [9.17, 15) is 0 Å². The van der Waals surface area contributed by atoms with E-state index in [-0.39, 0.29) is 0 Å². The number of rotatable bonds is 5. The van der Waals surface area contributed by atoms with Gasteiger partial charge in [-0.2, -0.15) is 0 Å². The normalized spacial score (nSPS) is 11.1. The minimum absolute atomic E-state index is 0.693. The molecule has 0 amide bonds. The van der Waals surface area contributed by atoms with Crippen LogP contribution in [-0.4, -0.2) is 19.9 Å². The van der Waals surface area contributed by atoms with Gasteiger partial charge in [0.05, 0.1) is 5.69 Å². The molecule has 0 atom stereocenters. The lowest BCUT2D eigenvalue weighted by atomic mass is 10.1. The topological polar surface area (TPSA) is 56.7 Å². The van der Waals surface area contributed by atoms with Crippen LogP contribution in [0.3, 0.4) is 0 Å². The fourth-order valence-electron chi connectivity index (χ4n) is 3.00. The van der Waals surface area contributed by atoms with Crippen molar-refractivity contribution in [2.45, 2.75) is 31.7 Å². The van der Waals surface area contributed by atoms with Crippen molar-refractivity contribution in [1.29, 1.82) is 0 Å². The summed E-state index contributed by atoms with van der Waals surface area (Å²) >= 11 is 7.70. The monoisotopic (exact) mass is 410 g/mol. The molecular formula is C21H19ClN4OS. The van der Waals surface area contributed by atoms with E-state index in [0.717, 1.165) is 39.2 Å². The molecular weight excluding hydrogens is 392 g/mol. The maximum Gasteiger partial charge on any atom is 0.196 e. The van der Waals surface area contributed by atoms with E-state index >= 15 is 0 Å². The molecule has 142 valence electrons. The maximum atomic E-state index is 6.09. The lowest BCUT2D eigenvalue weighted by Crippen LogP contribution is -2.00. The highest BCUT2D eigenvalue weighted by atomic mass is 35.5. The highest BCUT2D eigenvalue weighted by Crippen LogP contribution is 2.31. The zero-order chi connectivity index (χ0) is 19.7. The molecule has 0 aliphatic heterocycles. The Morgan fingerprint density at radius 2 is 1.82 bits per heavy atom. The standard InChI is InChI=1S/C21H19ClN4OS/c1-13-5-4-6-16(11-13)20-23-24-21(26(20)18-9-7-17(22)8-10-18)28-12-19-14(2)25-27-15(19)3/h4-11H,12H2,1-3H3.